The molecule has 3 aromatic carbocycles. The van der Waals surface area contributed by atoms with Crippen LogP contribution in [0.4, 0.5) is 5.69 Å². The quantitative estimate of drug-likeness (QED) is 0.425. The molecule has 8 heteroatoms. The molecule has 0 aromatic heterocycles. The van der Waals surface area contributed by atoms with Crippen molar-refractivity contribution >= 4 is 44.8 Å². The summed E-state index contributed by atoms with van der Waals surface area (Å²) in [5.41, 5.74) is 4.42. The third kappa shape index (κ3) is 5.95. The monoisotopic (exact) mass is 504 g/mol. The zero-order valence-corrected chi connectivity index (χ0v) is 21.3. The van der Waals surface area contributed by atoms with Crippen LogP contribution in [-0.4, -0.2) is 25.2 Å². The SMILES string of the molecule is Cc1ccc(CN(CC(=O)Nc2cccc(Cl)c2Cl)S(=O)(=O)c2c(C)cc(C)cc2C)cc1. The first-order valence-electron chi connectivity index (χ1n) is 10.4. The van der Waals surface area contributed by atoms with Gasteiger partial charge in [-0.25, -0.2) is 8.42 Å². The van der Waals surface area contributed by atoms with Crippen LogP contribution in [0.15, 0.2) is 59.5 Å². The largest absolute Gasteiger partial charge is 0.324 e. The van der Waals surface area contributed by atoms with E-state index in [9.17, 15) is 13.2 Å². The number of nitrogens with zero attached hydrogens (tertiary/aromatic N) is 1. The van der Waals surface area contributed by atoms with Crippen LogP contribution in [0.3, 0.4) is 0 Å². The van der Waals surface area contributed by atoms with Gasteiger partial charge >= 0.3 is 0 Å². The summed E-state index contributed by atoms with van der Waals surface area (Å²) < 4.78 is 28.7. The molecule has 3 aromatic rings. The van der Waals surface area contributed by atoms with Gasteiger partial charge < -0.3 is 5.32 Å². The molecule has 0 unspecified atom stereocenters. The molecule has 174 valence electrons. The Labute approximate surface area is 205 Å². The van der Waals surface area contributed by atoms with Gasteiger partial charge in [-0.05, 0) is 56.5 Å². The summed E-state index contributed by atoms with van der Waals surface area (Å²) in [4.78, 5) is 13.1. The van der Waals surface area contributed by atoms with Gasteiger partial charge in [0.05, 0.1) is 27.2 Å². The molecule has 5 nitrogen and oxygen atoms in total. The summed E-state index contributed by atoms with van der Waals surface area (Å²) in [6.45, 7) is 7.07. The van der Waals surface area contributed by atoms with E-state index in [0.717, 1.165) is 16.7 Å². The summed E-state index contributed by atoms with van der Waals surface area (Å²) in [6, 6.07) is 16.1. The van der Waals surface area contributed by atoms with E-state index in [1.165, 1.54) is 4.31 Å². The fourth-order valence-corrected chi connectivity index (χ4v) is 5.92. The van der Waals surface area contributed by atoms with E-state index in [2.05, 4.69) is 5.32 Å². The van der Waals surface area contributed by atoms with E-state index >= 15 is 0 Å². The molecule has 0 aliphatic carbocycles. The Hall–Kier alpha value is -2.38. The Kier molecular flexibility index (Phi) is 7.85. The average molecular weight is 505 g/mol. The molecule has 0 saturated carbocycles. The number of halogens is 2. The molecule has 0 heterocycles. The van der Waals surface area contributed by atoms with Crippen molar-refractivity contribution in [2.24, 2.45) is 0 Å². The molecular weight excluding hydrogens is 479 g/mol. The van der Waals surface area contributed by atoms with Crippen LogP contribution >= 0.6 is 23.2 Å². The highest BCUT2D eigenvalue weighted by Gasteiger charge is 2.30. The Balaban J connectivity index is 1.98. The number of carbonyl (C=O) groups excluding carboxylic acids is 1. The standard InChI is InChI=1S/C25H26Cl2N2O3S/c1-16-8-10-20(11-9-16)14-29(15-23(30)28-22-7-5-6-21(26)24(22)27)33(31,32)25-18(3)12-17(2)13-19(25)4/h5-13H,14-15H2,1-4H3,(H,28,30). The van der Waals surface area contributed by atoms with Gasteiger partial charge in [0.2, 0.25) is 15.9 Å². The smallest absolute Gasteiger partial charge is 0.244 e. The van der Waals surface area contributed by atoms with Crippen molar-refractivity contribution < 1.29 is 13.2 Å². The molecule has 0 aliphatic heterocycles. The van der Waals surface area contributed by atoms with Gasteiger partial charge in [0.15, 0.2) is 0 Å². The minimum atomic E-state index is -3.98. The highest BCUT2D eigenvalue weighted by atomic mass is 35.5. The number of hydrogen-bond acceptors (Lipinski definition) is 3. The fourth-order valence-electron chi connectivity index (χ4n) is 3.78. The highest BCUT2D eigenvalue weighted by molar-refractivity contribution is 7.89. The first kappa shape index (κ1) is 25.2. The maximum atomic E-state index is 13.8. The summed E-state index contributed by atoms with van der Waals surface area (Å²) in [5, 5.41) is 3.17. The van der Waals surface area contributed by atoms with Crippen molar-refractivity contribution in [2.45, 2.75) is 39.1 Å². The number of amides is 1. The van der Waals surface area contributed by atoms with Crippen molar-refractivity contribution in [3.63, 3.8) is 0 Å². The van der Waals surface area contributed by atoms with E-state index in [4.69, 9.17) is 23.2 Å². The van der Waals surface area contributed by atoms with Gasteiger partial charge in [0.25, 0.3) is 0 Å². The van der Waals surface area contributed by atoms with Crippen LogP contribution < -0.4 is 5.32 Å². The lowest BCUT2D eigenvalue weighted by atomic mass is 10.1. The van der Waals surface area contributed by atoms with Gasteiger partial charge in [0.1, 0.15) is 0 Å². The Morgan fingerprint density at radius 3 is 2.12 bits per heavy atom. The Morgan fingerprint density at radius 1 is 0.909 bits per heavy atom. The molecular formula is C25H26Cl2N2O3S. The summed E-state index contributed by atoms with van der Waals surface area (Å²) in [5.74, 6) is -0.516. The van der Waals surface area contributed by atoms with Crippen molar-refractivity contribution in [2.75, 3.05) is 11.9 Å². The molecule has 0 bridgehead atoms. The number of carbonyl (C=O) groups is 1. The molecule has 0 saturated heterocycles. The molecule has 0 atom stereocenters. The summed E-state index contributed by atoms with van der Waals surface area (Å²) >= 11 is 12.2. The first-order chi connectivity index (χ1) is 15.5. The Morgan fingerprint density at radius 2 is 1.52 bits per heavy atom. The van der Waals surface area contributed by atoms with E-state index in [1.807, 2.05) is 50.2 Å². The van der Waals surface area contributed by atoms with Crippen LogP contribution in [0.1, 0.15) is 27.8 Å². The van der Waals surface area contributed by atoms with Crippen LogP contribution in [0.5, 0.6) is 0 Å². The number of sulfonamides is 1. The van der Waals surface area contributed by atoms with Gasteiger partial charge in [-0.2, -0.15) is 4.31 Å². The molecule has 3 rings (SSSR count). The predicted molar refractivity (Wildman–Crippen MR) is 135 cm³/mol. The fraction of sp³-hybridized carbons (Fsp3) is 0.240. The third-order valence-corrected chi connectivity index (χ3v) is 8.14. The zero-order valence-electron chi connectivity index (χ0n) is 18.9. The summed E-state index contributed by atoms with van der Waals surface area (Å²) in [7, 11) is -3.98. The van der Waals surface area contributed by atoms with E-state index < -0.39 is 15.9 Å². The molecule has 1 amide bonds. The number of hydrogen-bond donors (Lipinski definition) is 1. The number of nitrogens with one attached hydrogen (secondary N) is 1. The second-order valence-corrected chi connectivity index (χ2v) is 10.8. The third-order valence-electron chi connectivity index (χ3n) is 5.23. The number of benzene rings is 3. The second-order valence-electron chi connectivity index (χ2n) is 8.14. The predicted octanol–water partition coefficient (Wildman–Crippen LogP) is 6.06. The zero-order chi connectivity index (χ0) is 24.3. The normalized spacial score (nSPS) is 11.6. The van der Waals surface area contributed by atoms with Gasteiger partial charge in [-0.3, -0.25) is 4.79 Å². The van der Waals surface area contributed by atoms with Gasteiger partial charge in [0, 0.05) is 6.54 Å². The molecule has 0 spiro atoms. The summed E-state index contributed by atoms with van der Waals surface area (Å²) in [6.07, 6.45) is 0. The number of aryl methyl sites for hydroxylation is 4. The lowest BCUT2D eigenvalue weighted by Crippen LogP contribution is -2.38. The molecule has 0 radical (unpaired) electrons. The molecule has 0 fully saturated rings. The van der Waals surface area contributed by atoms with Crippen LogP contribution in [0.25, 0.3) is 0 Å². The Bertz CT molecular complexity index is 1270. The molecule has 33 heavy (non-hydrogen) atoms. The number of anilines is 1. The lowest BCUT2D eigenvalue weighted by molar-refractivity contribution is -0.116. The molecule has 0 aliphatic rings. The lowest BCUT2D eigenvalue weighted by Gasteiger charge is -2.24. The van der Waals surface area contributed by atoms with Crippen molar-refractivity contribution in [3.8, 4) is 0 Å². The first-order valence-corrected chi connectivity index (χ1v) is 12.6. The van der Waals surface area contributed by atoms with Crippen molar-refractivity contribution in [1.29, 1.82) is 0 Å². The maximum Gasteiger partial charge on any atom is 0.244 e. The minimum absolute atomic E-state index is 0.0477. The van der Waals surface area contributed by atoms with Crippen LogP contribution in [0.2, 0.25) is 10.0 Å². The minimum Gasteiger partial charge on any atom is -0.324 e. The van der Waals surface area contributed by atoms with Gasteiger partial charge in [-0.1, -0.05) is 76.8 Å². The van der Waals surface area contributed by atoms with Crippen molar-refractivity contribution in [3.05, 3.63) is 92.5 Å². The molecule has 1 N–H and O–H groups in total. The van der Waals surface area contributed by atoms with Gasteiger partial charge in [-0.15, -0.1) is 0 Å². The second kappa shape index (κ2) is 10.3. The van der Waals surface area contributed by atoms with Crippen molar-refractivity contribution in [1.82, 2.24) is 4.31 Å². The van der Waals surface area contributed by atoms with E-state index in [1.54, 1.807) is 32.0 Å². The average Bonchev–Trinajstić information content (AvgIpc) is 2.71. The number of rotatable bonds is 7. The van der Waals surface area contributed by atoms with E-state index in [-0.39, 0.29) is 23.0 Å². The van der Waals surface area contributed by atoms with E-state index in [0.29, 0.717) is 21.8 Å². The van der Waals surface area contributed by atoms with Crippen LogP contribution in [0, 0.1) is 27.7 Å². The highest BCUT2D eigenvalue weighted by Crippen LogP contribution is 2.30. The topological polar surface area (TPSA) is 66.5 Å². The maximum absolute atomic E-state index is 13.8. The van der Waals surface area contributed by atoms with Crippen LogP contribution in [-0.2, 0) is 21.4 Å².